The molecule has 0 spiro atoms. The second-order valence-corrected chi connectivity index (χ2v) is 13.2. The van der Waals surface area contributed by atoms with Crippen LogP contribution in [0.4, 0.5) is 9.59 Å². The number of methoxy groups -OCH3 is 1. The Bertz CT molecular complexity index is 1410. The molecule has 11 nitrogen and oxygen atoms in total. The quantitative estimate of drug-likeness (QED) is 0.208. The Morgan fingerprint density at radius 1 is 0.848 bits per heavy atom. The number of aliphatic hydroxyl groups is 1. The summed E-state index contributed by atoms with van der Waals surface area (Å²) < 4.78 is 10.2. The predicted octanol–water partition coefficient (Wildman–Crippen LogP) is 4.85. The van der Waals surface area contributed by atoms with Crippen LogP contribution in [-0.4, -0.2) is 70.6 Å². The Kier molecular flexibility index (Phi) is 12.7. The highest BCUT2D eigenvalue weighted by Crippen LogP contribution is 2.21. The Labute approximate surface area is 271 Å². The highest BCUT2D eigenvalue weighted by molar-refractivity contribution is 5.86. The Morgan fingerprint density at radius 3 is 2.07 bits per heavy atom. The van der Waals surface area contributed by atoms with Crippen LogP contribution in [0.1, 0.15) is 52.7 Å². The van der Waals surface area contributed by atoms with Gasteiger partial charge >= 0.3 is 12.2 Å². The van der Waals surface area contributed by atoms with Crippen LogP contribution in [0.15, 0.2) is 79.0 Å². The molecular formula is C35H47N5O6. The summed E-state index contributed by atoms with van der Waals surface area (Å²) in [5.74, 6) is -0.491. The number of carbonyl (C=O) groups excluding carboxylic acids is 3. The lowest BCUT2D eigenvalue weighted by molar-refractivity contribution is -0.131. The second kappa shape index (κ2) is 16.2. The molecule has 4 N–H and O–H groups in total. The molecule has 248 valence electrons. The number of hydrazine groups is 1. The van der Waals surface area contributed by atoms with Gasteiger partial charge in [-0.2, -0.15) is 0 Å². The van der Waals surface area contributed by atoms with E-state index in [0.717, 1.165) is 22.4 Å². The third kappa shape index (κ3) is 11.8. The van der Waals surface area contributed by atoms with E-state index in [1.807, 2.05) is 93.6 Å². The number of hydrogen-bond acceptors (Lipinski definition) is 8. The number of benzene rings is 2. The molecule has 0 aliphatic rings. The molecule has 1 heterocycles. The Morgan fingerprint density at radius 2 is 1.50 bits per heavy atom. The van der Waals surface area contributed by atoms with Crippen molar-refractivity contribution in [2.75, 3.05) is 13.7 Å². The number of nitrogens with one attached hydrogen (secondary N) is 3. The van der Waals surface area contributed by atoms with Crippen molar-refractivity contribution in [2.24, 2.45) is 5.41 Å². The fraction of sp³-hybridized carbons (Fsp3) is 0.429. The Balaban J connectivity index is 1.89. The van der Waals surface area contributed by atoms with Crippen LogP contribution >= 0.6 is 0 Å². The van der Waals surface area contributed by atoms with E-state index < -0.39 is 47.3 Å². The van der Waals surface area contributed by atoms with E-state index in [4.69, 9.17) is 9.47 Å². The second-order valence-electron chi connectivity index (χ2n) is 13.2. The molecule has 3 aromatic rings. The van der Waals surface area contributed by atoms with Crippen molar-refractivity contribution in [2.45, 2.75) is 78.3 Å². The van der Waals surface area contributed by atoms with Crippen LogP contribution in [0.2, 0.25) is 0 Å². The van der Waals surface area contributed by atoms with Crippen LogP contribution in [0.3, 0.4) is 0 Å². The average Bonchev–Trinajstić information content (AvgIpc) is 2.99. The number of pyridine rings is 1. The highest BCUT2D eigenvalue weighted by atomic mass is 16.6. The lowest BCUT2D eigenvalue weighted by Crippen LogP contribution is -2.59. The maximum Gasteiger partial charge on any atom is 0.407 e. The lowest BCUT2D eigenvalue weighted by Gasteiger charge is -2.34. The summed E-state index contributed by atoms with van der Waals surface area (Å²) in [7, 11) is 1.23. The van der Waals surface area contributed by atoms with E-state index in [1.54, 1.807) is 32.0 Å². The number of amides is 3. The largest absolute Gasteiger partial charge is 0.453 e. The SMILES string of the molecule is COC(=O)N[C@H](C(=O)NN(Cc1ccc(-c2ccccn2)cc1)C[C@H](O)[C@@H](Cc1ccccc1)NC(=O)OC(C)(C)C)C(C)(C)C. The van der Waals surface area contributed by atoms with Gasteiger partial charge in [0.15, 0.2) is 0 Å². The molecule has 3 atom stereocenters. The summed E-state index contributed by atoms with van der Waals surface area (Å²) in [6.45, 7) is 10.9. The van der Waals surface area contributed by atoms with Crippen LogP contribution in [0, 0.1) is 5.41 Å². The molecule has 0 saturated carbocycles. The summed E-state index contributed by atoms with van der Waals surface area (Å²) in [6, 6.07) is 21.2. The van der Waals surface area contributed by atoms with Gasteiger partial charge in [0.1, 0.15) is 11.6 Å². The van der Waals surface area contributed by atoms with Gasteiger partial charge in [-0.05, 0) is 55.9 Å². The monoisotopic (exact) mass is 633 g/mol. The first-order valence-corrected chi connectivity index (χ1v) is 15.3. The number of aliphatic hydroxyl groups excluding tert-OH is 1. The number of aromatic nitrogens is 1. The number of rotatable bonds is 12. The summed E-state index contributed by atoms with van der Waals surface area (Å²) in [5.41, 5.74) is 5.00. The lowest BCUT2D eigenvalue weighted by atomic mass is 9.86. The third-order valence-corrected chi connectivity index (χ3v) is 7.00. The number of alkyl carbamates (subject to hydrolysis) is 2. The van der Waals surface area contributed by atoms with Gasteiger partial charge < -0.3 is 25.2 Å². The average molecular weight is 634 g/mol. The summed E-state index contributed by atoms with van der Waals surface area (Å²) >= 11 is 0. The predicted molar refractivity (Wildman–Crippen MR) is 176 cm³/mol. The Hall–Kier alpha value is -4.48. The smallest absolute Gasteiger partial charge is 0.407 e. The molecule has 0 aliphatic carbocycles. The topological polar surface area (TPSA) is 142 Å². The van der Waals surface area contributed by atoms with Gasteiger partial charge in [-0.1, -0.05) is 81.4 Å². The molecule has 2 aromatic carbocycles. The number of hydrogen-bond donors (Lipinski definition) is 4. The molecule has 0 radical (unpaired) electrons. The van der Waals surface area contributed by atoms with Crippen LogP contribution < -0.4 is 16.1 Å². The van der Waals surface area contributed by atoms with E-state index in [-0.39, 0.29) is 13.1 Å². The molecule has 46 heavy (non-hydrogen) atoms. The number of carbonyl (C=O) groups is 3. The minimum Gasteiger partial charge on any atom is -0.453 e. The zero-order chi connectivity index (χ0) is 33.9. The minimum absolute atomic E-state index is 0.0594. The summed E-state index contributed by atoms with van der Waals surface area (Å²) in [5, 5.41) is 18.6. The molecule has 0 saturated heterocycles. The maximum absolute atomic E-state index is 13.7. The molecule has 0 unspecified atom stereocenters. The van der Waals surface area contributed by atoms with Gasteiger partial charge in [-0.25, -0.2) is 14.6 Å². The number of nitrogens with zero attached hydrogens (tertiary/aromatic N) is 2. The van der Waals surface area contributed by atoms with Crippen LogP contribution in [0.25, 0.3) is 11.3 Å². The first-order valence-electron chi connectivity index (χ1n) is 15.3. The third-order valence-electron chi connectivity index (χ3n) is 7.00. The van der Waals surface area contributed by atoms with Crippen molar-refractivity contribution in [3.63, 3.8) is 0 Å². The van der Waals surface area contributed by atoms with Gasteiger partial charge in [0.25, 0.3) is 5.91 Å². The van der Waals surface area contributed by atoms with E-state index in [1.165, 1.54) is 7.11 Å². The van der Waals surface area contributed by atoms with Crippen molar-refractivity contribution in [1.82, 2.24) is 26.1 Å². The van der Waals surface area contributed by atoms with E-state index in [9.17, 15) is 19.5 Å². The fourth-order valence-electron chi connectivity index (χ4n) is 4.72. The molecule has 0 bridgehead atoms. The van der Waals surface area contributed by atoms with Gasteiger partial charge in [0.05, 0.1) is 24.9 Å². The van der Waals surface area contributed by atoms with E-state index in [0.29, 0.717) is 6.42 Å². The molecule has 3 amide bonds. The van der Waals surface area contributed by atoms with E-state index in [2.05, 4.69) is 21.0 Å². The summed E-state index contributed by atoms with van der Waals surface area (Å²) in [4.78, 5) is 43.0. The van der Waals surface area contributed by atoms with Crippen molar-refractivity contribution < 1.29 is 29.0 Å². The van der Waals surface area contributed by atoms with Gasteiger partial charge in [0.2, 0.25) is 0 Å². The molecule has 3 rings (SSSR count). The first-order chi connectivity index (χ1) is 21.6. The van der Waals surface area contributed by atoms with Crippen molar-refractivity contribution in [3.05, 3.63) is 90.1 Å². The molecule has 0 fully saturated rings. The maximum atomic E-state index is 13.7. The normalized spacial score (nSPS) is 13.7. The van der Waals surface area contributed by atoms with Gasteiger partial charge in [0, 0.05) is 24.8 Å². The zero-order valence-electron chi connectivity index (χ0n) is 27.7. The van der Waals surface area contributed by atoms with Gasteiger partial charge in [-0.15, -0.1) is 0 Å². The molecular weight excluding hydrogens is 586 g/mol. The van der Waals surface area contributed by atoms with Crippen LogP contribution in [0.5, 0.6) is 0 Å². The summed E-state index contributed by atoms with van der Waals surface area (Å²) in [6.07, 6.45) is -0.495. The molecule has 0 aliphatic heterocycles. The highest BCUT2D eigenvalue weighted by Gasteiger charge is 2.35. The van der Waals surface area contributed by atoms with Crippen molar-refractivity contribution >= 4 is 18.1 Å². The standard InChI is InChI=1S/C35H47N5O6/c1-34(2,3)30(38-32(43)45-7)31(42)39-40(22-25-16-18-26(19-17-25)27-15-11-12-20-36-27)23-29(41)28(21-24-13-9-8-10-14-24)37-33(44)46-35(4,5)6/h8-20,28-30,41H,21-23H2,1-7H3,(H,37,44)(H,38,43)(H,39,42)/t28-,29+,30-/m1/s1. The van der Waals surface area contributed by atoms with Gasteiger partial charge in [-0.3, -0.25) is 15.2 Å². The van der Waals surface area contributed by atoms with Crippen molar-refractivity contribution in [3.8, 4) is 11.3 Å². The first kappa shape index (κ1) is 36.0. The molecule has 11 heteroatoms. The van der Waals surface area contributed by atoms with Crippen LogP contribution in [-0.2, 0) is 27.2 Å². The number of ether oxygens (including phenoxy) is 2. The molecule has 1 aromatic heterocycles. The zero-order valence-corrected chi connectivity index (χ0v) is 27.7. The van der Waals surface area contributed by atoms with Crippen molar-refractivity contribution in [1.29, 1.82) is 0 Å². The van der Waals surface area contributed by atoms with E-state index >= 15 is 0 Å². The fourth-order valence-corrected chi connectivity index (χ4v) is 4.72. The minimum atomic E-state index is -1.14.